The number of amides is 2. The average molecular weight is 642 g/mol. The zero-order chi connectivity index (χ0) is 32.1. The molecule has 1 N–H and O–H groups in total. The third kappa shape index (κ3) is 4.89. The summed E-state index contributed by atoms with van der Waals surface area (Å²) in [6.07, 6.45) is -0.415. The van der Waals surface area contributed by atoms with E-state index in [1.807, 2.05) is 61.5 Å². The van der Waals surface area contributed by atoms with Gasteiger partial charge in [-0.05, 0) is 41.5 Å². The number of hydrogen-bond acceptors (Lipinski definition) is 7. The molecule has 4 aromatic carbocycles. The maximum atomic E-state index is 13.9. The van der Waals surface area contributed by atoms with Gasteiger partial charge in [-0.3, -0.25) is 9.59 Å². The van der Waals surface area contributed by atoms with Gasteiger partial charge in [-0.2, -0.15) is 0 Å². The van der Waals surface area contributed by atoms with Crippen molar-refractivity contribution in [1.82, 2.24) is 4.90 Å². The summed E-state index contributed by atoms with van der Waals surface area (Å²) in [6, 6.07) is 20.8. The van der Waals surface area contributed by atoms with Gasteiger partial charge in [-0.15, -0.1) is 11.6 Å². The number of aliphatic hydroxyl groups is 1. The quantitative estimate of drug-likeness (QED) is 0.273. The molecule has 3 aliphatic heterocycles. The minimum Gasteiger partial charge on any atom is -0.493 e. The average Bonchev–Trinajstić information content (AvgIpc) is 3.45. The van der Waals surface area contributed by atoms with E-state index in [2.05, 4.69) is 0 Å². The first kappa shape index (κ1) is 30.2. The highest BCUT2D eigenvalue weighted by molar-refractivity contribution is 6.19. The summed E-state index contributed by atoms with van der Waals surface area (Å²) in [5.41, 5.74) is 4.88. The first-order valence-electron chi connectivity index (χ1n) is 15.5. The van der Waals surface area contributed by atoms with Crippen molar-refractivity contribution in [2.75, 3.05) is 49.6 Å². The molecular formula is C36H36ClN3O6. The summed E-state index contributed by atoms with van der Waals surface area (Å²) in [5.74, 6) is 1.20. The number of rotatable bonds is 7. The van der Waals surface area contributed by atoms with E-state index in [1.54, 1.807) is 33.9 Å². The number of methoxy groups -OCH3 is 1. The summed E-state index contributed by atoms with van der Waals surface area (Å²) in [5, 5.41) is 13.5. The maximum Gasteiger partial charge on any atom is 0.264 e. The first-order valence-corrected chi connectivity index (χ1v) is 16.1. The molecular weight excluding hydrogens is 606 g/mol. The number of halogens is 1. The second-order valence-electron chi connectivity index (χ2n) is 11.9. The zero-order valence-corrected chi connectivity index (χ0v) is 26.8. The van der Waals surface area contributed by atoms with Crippen molar-refractivity contribution in [1.29, 1.82) is 0 Å². The van der Waals surface area contributed by atoms with Gasteiger partial charge >= 0.3 is 0 Å². The molecule has 2 amide bonds. The van der Waals surface area contributed by atoms with E-state index in [0.717, 1.165) is 33.2 Å². The summed E-state index contributed by atoms with van der Waals surface area (Å²) in [7, 11) is 3.26. The summed E-state index contributed by atoms with van der Waals surface area (Å²) < 4.78 is 17.8. The van der Waals surface area contributed by atoms with Gasteiger partial charge in [0.25, 0.3) is 11.8 Å². The SMILES string of the molecule is CCOc1cc2c(c3ccccc13)[C@H](CCl)CN2C(=O)COc1cc2c(cc1OC)C(=O)N1Cc3ccccc3C[C@H]1C(O)N2C. The largest absolute Gasteiger partial charge is 0.493 e. The van der Waals surface area contributed by atoms with Crippen LogP contribution in [0.2, 0.25) is 0 Å². The number of anilines is 2. The molecule has 0 aromatic heterocycles. The van der Waals surface area contributed by atoms with Gasteiger partial charge in [0, 0.05) is 49.5 Å². The number of hydrogen-bond donors (Lipinski definition) is 1. The number of carbonyl (C=O) groups is 2. The molecule has 10 heteroatoms. The van der Waals surface area contributed by atoms with Crippen LogP contribution in [-0.4, -0.2) is 73.9 Å². The minimum atomic E-state index is -0.954. The maximum absolute atomic E-state index is 13.9. The fraction of sp³-hybridized carbons (Fsp3) is 0.333. The molecule has 1 unspecified atom stereocenters. The Hall–Kier alpha value is -4.47. The lowest BCUT2D eigenvalue weighted by molar-refractivity contribution is -0.120. The van der Waals surface area contributed by atoms with Crippen LogP contribution in [0.4, 0.5) is 11.4 Å². The number of fused-ring (bicyclic) bond motifs is 6. The number of carbonyl (C=O) groups excluding carboxylic acids is 2. The number of aliphatic hydroxyl groups excluding tert-OH is 1. The van der Waals surface area contributed by atoms with E-state index in [-0.39, 0.29) is 24.3 Å². The first-order chi connectivity index (χ1) is 22.3. The lowest BCUT2D eigenvalue weighted by Crippen LogP contribution is -2.53. The van der Waals surface area contributed by atoms with E-state index in [4.69, 9.17) is 25.8 Å². The standard InChI is InChI=1S/C36H36ClN3O6/c1-4-45-30-16-28-34(25-12-8-7-11-24(25)30)23(17-37)19-39(28)33(41)20-46-32-15-27-26(14-31(32)44-3)35(42)40-18-22-10-6-5-9-21(22)13-29(40)36(43)38(27)2/h5-12,14-16,23,29,36,43H,4,13,17-20H2,1-3H3/t23-,29+,36?/m1/s1. The van der Waals surface area contributed by atoms with E-state index in [1.165, 1.54) is 7.11 Å². The third-order valence-electron chi connectivity index (χ3n) is 9.45. The fourth-order valence-corrected chi connectivity index (χ4v) is 7.40. The van der Waals surface area contributed by atoms with Crippen LogP contribution in [0.15, 0.2) is 66.7 Å². The Kier molecular flexibility index (Phi) is 7.90. The van der Waals surface area contributed by atoms with Gasteiger partial charge in [-0.1, -0.05) is 48.5 Å². The molecule has 4 aromatic rings. The molecule has 7 rings (SSSR count). The Morgan fingerprint density at radius 2 is 1.67 bits per heavy atom. The van der Waals surface area contributed by atoms with Gasteiger partial charge in [-0.25, -0.2) is 0 Å². The number of nitrogens with zero attached hydrogens (tertiary/aromatic N) is 3. The third-order valence-corrected chi connectivity index (χ3v) is 9.82. The molecule has 0 radical (unpaired) electrons. The summed E-state index contributed by atoms with van der Waals surface area (Å²) in [4.78, 5) is 32.9. The van der Waals surface area contributed by atoms with Gasteiger partial charge in [0.2, 0.25) is 0 Å². The van der Waals surface area contributed by atoms with Crippen LogP contribution in [0.5, 0.6) is 17.2 Å². The number of ether oxygens (including phenoxy) is 3. The van der Waals surface area contributed by atoms with Crippen LogP contribution >= 0.6 is 11.6 Å². The minimum absolute atomic E-state index is 0.0472. The highest BCUT2D eigenvalue weighted by Gasteiger charge is 2.42. The van der Waals surface area contributed by atoms with Crippen LogP contribution in [0, 0.1) is 0 Å². The van der Waals surface area contributed by atoms with Crippen molar-refractivity contribution >= 4 is 45.6 Å². The molecule has 9 nitrogen and oxygen atoms in total. The van der Waals surface area contributed by atoms with Gasteiger partial charge in [0.15, 0.2) is 18.1 Å². The van der Waals surface area contributed by atoms with Crippen LogP contribution in [0.25, 0.3) is 10.8 Å². The second-order valence-corrected chi connectivity index (χ2v) is 12.3. The molecule has 3 atom stereocenters. The van der Waals surface area contributed by atoms with Crippen molar-refractivity contribution in [2.24, 2.45) is 0 Å². The molecule has 0 saturated carbocycles. The van der Waals surface area contributed by atoms with E-state index in [0.29, 0.717) is 60.5 Å². The molecule has 3 aliphatic rings. The Labute approximate surface area is 272 Å². The zero-order valence-electron chi connectivity index (χ0n) is 26.0. The highest BCUT2D eigenvalue weighted by Crippen LogP contribution is 2.46. The molecule has 0 fully saturated rings. The monoisotopic (exact) mass is 641 g/mol. The second kappa shape index (κ2) is 12.0. The normalized spacial score (nSPS) is 20.1. The Bertz CT molecular complexity index is 1850. The summed E-state index contributed by atoms with van der Waals surface area (Å²) >= 11 is 6.44. The van der Waals surface area contributed by atoms with Gasteiger partial charge in [0.05, 0.1) is 36.7 Å². The molecule has 0 saturated heterocycles. The van der Waals surface area contributed by atoms with Crippen molar-refractivity contribution in [3.63, 3.8) is 0 Å². The van der Waals surface area contributed by atoms with E-state index >= 15 is 0 Å². The number of alkyl halides is 1. The van der Waals surface area contributed by atoms with Gasteiger partial charge < -0.3 is 34.0 Å². The van der Waals surface area contributed by atoms with Crippen LogP contribution in [0.1, 0.15) is 39.9 Å². The predicted molar refractivity (Wildman–Crippen MR) is 178 cm³/mol. The molecule has 238 valence electrons. The smallest absolute Gasteiger partial charge is 0.264 e. The molecule has 0 bridgehead atoms. The Morgan fingerprint density at radius 1 is 0.957 bits per heavy atom. The molecule has 0 aliphatic carbocycles. The van der Waals surface area contributed by atoms with Crippen molar-refractivity contribution in [2.45, 2.75) is 38.1 Å². The van der Waals surface area contributed by atoms with E-state index in [9.17, 15) is 14.7 Å². The lowest BCUT2D eigenvalue weighted by atomic mass is 9.93. The van der Waals surface area contributed by atoms with Crippen molar-refractivity contribution in [3.05, 3.63) is 89.0 Å². The van der Waals surface area contributed by atoms with Crippen LogP contribution in [-0.2, 0) is 17.8 Å². The number of likely N-dealkylation sites (N-methyl/N-ethyl adjacent to an activating group) is 1. The highest BCUT2D eigenvalue weighted by atomic mass is 35.5. The van der Waals surface area contributed by atoms with Gasteiger partial charge in [0.1, 0.15) is 12.0 Å². The molecule has 0 spiro atoms. The Balaban J connectivity index is 1.18. The lowest BCUT2D eigenvalue weighted by Gasteiger charge is -2.39. The van der Waals surface area contributed by atoms with Crippen molar-refractivity contribution < 1.29 is 28.9 Å². The Morgan fingerprint density at radius 3 is 2.41 bits per heavy atom. The van der Waals surface area contributed by atoms with E-state index < -0.39 is 12.3 Å². The number of benzene rings is 4. The molecule has 3 heterocycles. The predicted octanol–water partition coefficient (Wildman–Crippen LogP) is 5.33. The fourth-order valence-electron chi connectivity index (χ4n) is 7.14. The van der Waals surface area contributed by atoms with Crippen molar-refractivity contribution in [3.8, 4) is 17.2 Å². The van der Waals surface area contributed by atoms with Crippen LogP contribution in [0.3, 0.4) is 0 Å². The topological polar surface area (TPSA) is 91.8 Å². The van der Waals surface area contributed by atoms with Crippen LogP contribution < -0.4 is 24.0 Å². The summed E-state index contributed by atoms with van der Waals surface area (Å²) in [6.45, 7) is 2.98. The molecule has 46 heavy (non-hydrogen) atoms.